The van der Waals surface area contributed by atoms with E-state index in [2.05, 4.69) is 10.9 Å². The third kappa shape index (κ3) is 1.70. The highest BCUT2D eigenvalue weighted by atomic mass is 16.2. The van der Waals surface area contributed by atoms with Crippen molar-refractivity contribution in [2.45, 2.75) is 25.7 Å². The van der Waals surface area contributed by atoms with E-state index in [1.54, 1.807) is 7.05 Å². The molecule has 0 heterocycles. The Balaban J connectivity index is 2.25. The lowest BCUT2D eigenvalue weighted by Gasteiger charge is -2.07. The van der Waals surface area contributed by atoms with Crippen LogP contribution in [0.3, 0.4) is 0 Å². The van der Waals surface area contributed by atoms with Crippen LogP contribution in [0.4, 0.5) is 0 Å². The Morgan fingerprint density at radius 2 is 2.00 bits per heavy atom. The van der Waals surface area contributed by atoms with Gasteiger partial charge in [-0.25, -0.2) is 5.43 Å². The van der Waals surface area contributed by atoms with Crippen LogP contribution in [0.2, 0.25) is 0 Å². The van der Waals surface area contributed by atoms with E-state index in [-0.39, 0.29) is 11.8 Å². The van der Waals surface area contributed by atoms with Crippen molar-refractivity contribution in [3.63, 3.8) is 0 Å². The molecular formula is C7H14N2O. The maximum Gasteiger partial charge on any atom is 0.237 e. The van der Waals surface area contributed by atoms with Gasteiger partial charge in [-0.05, 0) is 12.8 Å². The van der Waals surface area contributed by atoms with Crippen molar-refractivity contribution >= 4 is 5.91 Å². The Morgan fingerprint density at radius 1 is 1.40 bits per heavy atom. The van der Waals surface area contributed by atoms with Crippen molar-refractivity contribution in [3.05, 3.63) is 0 Å². The van der Waals surface area contributed by atoms with Crippen molar-refractivity contribution < 1.29 is 4.79 Å². The van der Waals surface area contributed by atoms with Crippen molar-refractivity contribution in [2.24, 2.45) is 5.92 Å². The van der Waals surface area contributed by atoms with Gasteiger partial charge in [0.15, 0.2) is 0 Å². The quantitative estimate of drug-likeness (QED) is 0.549. The van der Waals surface area contributed by atoms with E-state index in [0.29, 0.717) is 0 Å². The van der Waals surface area contributed by atoms with E-state index in [4.69, 9.17) is 0 Å². The van der Waals surface area contributed by atoms with E-state index in [1.807, 2.05) is 0 Å². The number of amides is 1. The molecule has 1 rings (SSSR count). The molecule has 0 saturated heterocycles. The van der Waals surface area contributed by atoms with Gasteiger partial charge in [0, 0.05) is 13.0 Å². The normalized spacial score (nSPS) is 19.3. The molecule has 0 aromatic carbocycles. The number of hydrogen-bond acceptors (Lipinski definition) is 2. The second kappa shape index (κ2) is 3.56. The molecule has 1 aliphatic rings. The molecular weight excluding hydrogens is 128 g/mol. The summed E-state index contributed by atoms with van der Waals surface area (Å²) in [6.07, 6.45) is 4.55. The lowest BCUT2D eigenvalue weighted by molar-refractivity contribution is -0.125. The zero-order chi connectivity index (χ0) is 7.40. The Morgan fingerprint density at radius 3 is 2.50 bits per heavy atom. The molecule has 0 atom stereocenters. The second-order valence-electron chi connectivity index (χ2n) is 2.72. The molecule has 1 saturated carbocycles. The third-order valence-electron chi connectivity index (χ3n) is 1.97. The van der Waals surface area contributed by atoms with Gasteiger partial charge in [-0.15, -0.1) is 0 Å². The lowest BCUT2D eigenvalue weighted by atomic mass is 10.1. The minimum absolute atomic E-state index is 0.153. The van der Waals surface area contributed by atoms with E-state index < -0.39 is 0 Å². The van der Waals surface area contributed by atoms with Gasteiger partial charge in [-0.2, -0.15) is 0 Å². The Hall–Kier alpha value is -0.570. The Kier molecular flexibility index (Phi) is 2.68. The zero-order valence-corrected chi connectivity index (χ0v) is 6.31. The third-order valence-corrected chi connectivity index (χ3v) is 1.97. The molecule has 3 heteroatoms. The SMILES string of the molecule is CNNC(=O)C1CCCC1. The fraction of sp³-hybridized carbons (Fsp3) is 0.857. The van der Waals surface area contributed by atoms with Crippen LogP contribution in [0.15, 0.2) is 0 Å². The van der Waals surface area contributed by atoms with Gasteiger partial charge >= 0.3 is 0 Å². The first kappa shape index (κ1) is 7.54. The average molecular weight is 142 g/mol. The maximum atomic E-state index is 11.1. The van der Waals surface area contributed by atoms with Crippen LogP contribution in [0.25, 0.3) is 0 Å². The molecule has 58 valence electrons. The van der Waals surface area contributed by atoms with Crippen molar-refractivity contribution in [3.8, 4) is 0 Å². The standard InChI is InChI=1S/C7H14N2O/c1-8-9-7(10)6-4-2-3-5-6/h6,8H,2-5H2,1H3,(H,9,10). The number of hydrazine groups is 1. The summed E-state index contributed by atoms with van der Waals surface area (Å²) < 4.78 is 0. The minimum atomic E-state index is 0.153. The molecule has 0 spiro atoms. The van der Waals surface area contributed by atoms with Gasteiger partial charge in [0.2, 0.25) is 5.91 Å². The number of carbonyl (C=O) groups is 1. The van der Waals surface area contributed by atoms with Gasteiger partial charge in [0.1, 0.15) is 0 Å². The summed E-state index contributed by atoms with van der Waals surface area (Å²) in [5.41, 5.74) is 5.24. The van der Waals surface area contributed by atoms with Gasteiger partial charge in [-0.1, -0.05) is 12.8 Å². The van der Waals surface area contributed by atoms with Crippen LogP contribution in [-0.4, -0.2) is 13.0 Å². The summed E-state index contributed by atoms with van der Waals surface area (Å²) in [6, 6.07) is 0. The number of carbonyl (C=O) groups excluding carboxylic acids is 1. The topological polar surface area (TPSA) is 41.1 Å². The van der Waals surface area contributed by atoms with Crippen molar-refractivity contribution in [1.82, 2.24) is 10.9 Å². The zero-order valence-electron chi connectivity index (χ0n) is 6.31. The monoisotopic (exact) mass is 142 g/mol. The van der Waals surface area contributed by atoms with Crippen molar-refractivity contribution in [2.75, 3.05) is 7.05 Å². The van der Waals surface area contributed by atoms with Crippen LogP contribution in [0, 0.1) is 5.92 Å². The Bertz CT molecular complexity index is 119. The predicted molar refractivity (Wildman–Crippen MR) is 39.2 cm³/mol. The fourth-order valence-electron chi connectivity index (χ4n) is 1.41. The molecule has 3 nitrogen and oxygen atoms in total. The Labute approximate surface area is 61.2 Å². The second-order valence-corrected chi connectivity index (χ2v) is 2.72. The highest BCUT2D eigenvalue weighted by Gasteiger charge is 2.21. The van der Waals surface area contributed by atoms with E-state index >= 15 is 0 Å². The molecule has 0 unspecified atom stereocenters. The summed E-state index contributed by atoms with van der Waals surface area (Å²) in [6.45, 7) is 0. The van der Waals surface area contributed by atoms with E-state index in [1.165, 1.54) is 12.8 Å². The first-order valence-electron chi connectivity index (χ1n) is 3.81. The summed E-state index contributed by atoms with van der Waals surface area (Å²) in [4.78, 5) is 11.1. The average Bonchev–Trinajstić information content (AvgIpc) is 2.38. The largest absolute Gasteiger partial charge is 0.292 e. The first-order valence-corrected chi connectivity index (χ1v) is 3.81. The first-order chi connectivity index (χ1) is 4.84. The molecule has 0 radical (unpaired) electrons. The summed E-state index contributed by atoms with van der Waals surface area (Å²) in [5.74, 6) is 0.424. The van der Waals surface area contributed by atoms with Gasteiger partial charge < -0.3 is 0 Å². The number of hydrogen-bond donors (Lipinski definition) is 2. The van der Waals surface area contributed by atoms with E-state index in [9.17, 15) is 4.79 Å². The maximum absolute atomic E-state index is 11.1. The van der Waals surface area contributed by atoms with Gasteiger partial charge in [0.25, 0.3) is 0 Å². The van der Waals surface area contributed by atoms with Crippen LogP contribution in [0.1, 0.15) is 25.7 Å². The predicted octanol–water partition coefficient (Wildman–Crippen LogP) is 0.427. The highest BCUT2D eigenvalue weighted by molar-refractivity contribution is 5.78. The smallest absolute Gasteiger partial charge is 0.237 e. The highest BCUT2D eigenvalue weighted by Crippen LogP contribution is 2.24. The van der Waals surface area contributed by atoms with Gasteiger partial charge in [-0.3, -0.25) is 10.2 Å². The molecule has 1 fully saturated rings. The molecule has 0 aromatic rings. The number of rotatable bonds is 2. The molecule has 0 aliphatic heterocycles. The van der Waals surface area contributed by atoms with E-state index in [0.717, 1.165) is 12.8 Å². The molecule has 2 N–H and O–H groups in total. The van der Waals surface area contributed by atoms with Gasteiger partial charge in [0.05, 0.1) is 0 Å². The minimum Gasteiger partial charge on any atom is -0.292 e. The molecule has 0 aromatic heterocycles. The summed E-state index contributed by atoms with van der Waals surface area (Å²) in [5, 5.41) is 0. The summed E-state index contributed by atoms with van der Waals surface area (Å²) >= 11 is 0. The fourth-order valence-corrected chi connectivity index (χ4v) is 1.41. The van der Waals surface area contributed by atoms with Crippen LogP contribution >= 0.6 is 0 Å². The van der Waals surface area contributed by atoms with Crippen LogP contribution in [0.5, 0.6) is 0 Å². The van der Waals surface area contributed by atoms with Crippen molar-refractivity contribution in [1.29, 1.82) is 0 Å². The van der Waals surface area contributed by atoms with Crippen LogP contribution in [-0.2, 0) is 4.79 Å². The molecule has 10 heavy (non-hydrogen) atoms. The lowest BCUT2D eigenvalue weighted by Crippen LogP contribution is -2.37. The number of nitrogens with one attached hydrogen (secondary N) is 2. The van der Waals surface area contributed by atoms with Crippen LogP contribution < -0.4 is 10.9 Å². The molecule has 1 amide bonds. The summed E-state index contributed by atoms with van der Waals surface area (Å²) in [7, 11) is 1.72. The molecule has 0 bridgehead atoms. The molecule has 1 aliphatic carbocycles.